The standard InChI is InChI=1S/C10H22N2O/c1-9-8-12(5-4-6-13-3)10(2)7-11-9/h9-11H,4-8H2,1-3H3. The van der Waals surface area contributed by atoms with Crippen molar-refractivity contribution in [3.8, 4) is 0 Å². The third-order valence-corrected chi connectivity index (χ3v) is 2.69. The van der Waals surface area contributed by atoms with E-state index in [0.29, 0.717) is 12.1 Å². The van der Waals surface area contributed by atoms with Crippen LogP contribution < -0.4 is 5.32 Å². The molecule has 2 unspecified atom stereocenters. The van der Waals surface area contributed by atoms with Crippen LogP contribution in [0.5, 0.6) is 0 Å². The van der Waals surface area contributed by atoms with Gasteiger partial charge < -0.3 is 10.1 Å². The van der Waals surface area contributed by atoms with Crippen molar-refractivity contribution in [2.75, 3.05) is 33.4 Å². The third kappa shape index (κ3) is 3.63. The van der Waals surface area contributed by atoms with Gasteiger partial charge in [-0.1, -0.05) is 0 Å². The monoisotopic (exact) mass is 186 g/mol. The molecule has 0 spiro atoms. The van der Waals surface area contributed by atoms with Gasteiger partial charge in [-0.05, 0) is 20.3 Å². The van der Waals surface area contributed by atoms with Crippen molar-refractivity contribution in [3.05, 3.63) is 0 Å². The summed E-state index contributed by atoms with van der Waals surface area (Å²) in [6, 6.07) is 1.31. The van der Waals surface area contributed by atoms with Crippen molar-refractivity contribution >= 4 is 0 Å². The van der Waals surface area contributed by atoms with Crippen LogP contribution >= 0.6 is 0 Å². The van der Waals surface area contributed by atoms with Crippen LogP contribution in [0.25, 0.3) is 0 Å². The Balaban J connectivity index is 2.21. The van der Waals surface area contributed by atoms with E-state index in [0.717, 1.165) is 19.6 Å². The predicted octanol–water partition coefficient (Wildman–Crippen LogP) is 0.705. The molecule has 0 bridgehead atoms. The number of hydrogen-bond donors (Lipinski definition) is 1. The second-order valence-electron chi connectivity index (χ2n) is 4.00. The minimum Gasteiger partial charge on any atom is -0.385 e. The molecule has 0 aromatic rings. The molecule has 0 aromatic carbocycles. The number of piperazine rings is 1. The minimum absolute atomic E-state index is 0.638. The molecular weight excluding hydrogens is 164 g/mol. The van der Waals surface area contributed by atoms with Gasteiger partial charge in [0.2, 0.25) is 0 Å². The molecule has 0 radical (unpaired) electrons. The molecule has 0 saturated carbocycles. The van der Waals surface area contributed by atoms with Crippen LogP contribution in [0.4, 0.5) is 0 Å². The topological polar surface area (TPSA) is 24.5 Å². The number of ether oxygens (including phenoxy) is 1. The van der Waals surface area contributed by atoms with Gasteiger partial charge in [0.15, 0.2) is 0 Å². The second kappa shape index (κ2) is 5.58. The Kier molecular flexibility index (Phi) is 4.70. The van der Waals surface area contributed by atoms with Crippen molar-refractivity contribution in [1.82, 2.24) is 10.2 Å². The van der Waals surface area contributed by atoms with Crippen LogP contribution in [-0.2, 0) is 4.74 Å². The summed E-state index contributed by atoms with van der Waals surface area (Å²) in [5.41, 5.74) is 0. The lowest BCUT2D eigenvalue weighted by molar-refractivity contribution is 0.122. The first-order chi connectivity index (χ1) is 6.24. The lowest BCUT2D eigenvalue weighted by Crippen LogP contribution is -2.54. The highest BCUT2D eigenvalue weighted by atomic mass is 16.5. The number of nitrogens with one attached hydrogen (secondary N) is 1. The number of methoxy groups -OCH3 is 1. The van der Waals surface area contributed by atoms with Crippen LogP contribution in [-0.4, -0.2) is 50.3 Å². The van der Waals surface area contributed by atoms with E-state index in [4.69, 9.17) is 4.74 Å². The van der Waals surface area contributed by atoms with Gasteiger partial charge in [0.25, 0.3) is 0 Å². The Morgan fingerprint density at radius 3 is 2.92 bits per heavy atom. The van der Waals surface area contributed by atoms with E-state index in [1.165, 1.54) is 13.1 Å². The molecule has 0 amide bonds. The predicted molar refractivity (Wildman–Crippen MR) is 55.0 cm³/mol. The highest BCUT2D eigenvalue weighted by Crippen LogP contribution is 2.06. The Morgan fingerprint density at radius 1 is 1.46 bits per heavy atom. The van der Waals surface area contributed by atoms with E-state index >= 15 is 0 Å². The molecular formula is C10H22N2O. The summed E-state index contributed by atoms with van der Waals surface area (Å²) in [6.07, 6.45) is 1.15. The average Bonchev–Trinajstić information content (AvgIpc) is 2.11. The first-order valence-electron chi connectivity index (χ1n) is 5.20. The first kappa shape index (κ1) is 11.0. The Bertz CT molecular complexity index is 141. The van der Waals surface area contributed by atoms with Crippen LogP contribution in [0.1, 0.15) is 20.3 Å². The summed E-state index contributed by atoms with van der Waals surface area (Å²) < 4.78 is 5.05. The smallest absolute Gasteiger partial charge is 0.0474 e. The molecule has 1 N–H and O–H groups in total. The van der Waals surface area contributed by atoms with Crippen LogP contribution in [0.2, 0.25) is 0 Å². The van der Waals surface area contributed by atoms with Crippen molar-refractivity contribution < 1.29 is 4.74 Å². The van der Waals surface area contributed by atoms with Gasteiger partial charge >= 0.3 is 0 Å². The zero-order chi connectivity index (χ0) is 9.68. The van der Waals surface area contributed by atoms with Gasteiger partial charge in [-0.15, -0.1) is 0 Å². The van der Waals surface area contributed by atoms with Gasteiger partial charge in [-0.25, -0.2) is 0 Å². The lowest BCUT2D eigenvalue weighted by atomic mass is 10.1. The molecule has 1 heterocycles. The van der Waals surface area contributed by atoms with Crippen molar-refractivity contribution in [2.45, 2.75) is 32.4 Å². The van der Waals surface area contributed by atoms with Gasteiger partial charge in [-0.3, -0.25) is 4.90 Å². The molecule has 1 aliphatic rings. The molecule has 0 aromatic heterocycles. The summed E-state index contributed by atoms with van der Waals surface area (Å²) >= 11 is 0. The van der Waals surface area contributed by atoms with E-state index in [2.05, 4.69) is 24.1 Å². The third-order valence-electron chi connectivity index (χ3n) is 2.69. The highest BCUT2D eigenvalue weighted by molar-refractivity contribution is 4.80. The summed E-state index contributed by atoms with van der Waals surface area (Å²) in [5.74, 6) is 0. The zero-order valence-electron chi connectivity index (χ0n) is 9.05. The molecule has 2 atom stereocenters. The van der Waals surface area contributed by atoms with Gasteiger partial charge in [0.1, 0.15) is 0 Å². The van der Waals surface area contributed by atoms with Gasteiger partial charge in [-0.2, -0.15) is 0 Å². The molecule has 0 aliphatic carbocycles. The summed E-state index contributed by atoms with van der Waals surface area (Å²) in [6.45, 7) is 8.87. The average molecular weight is 186 g/mol. The molecule has 78 valence electrons. The Labute approximate surface area is 81.4 Å². The summed E-state index contributed by atoms with van der Waals surface area (Å²) in [5, 5.41) is 3.48. The van der Waals surface area contributed by atoms with Crippen LogP contribution in [0.15, 0.2) is 0 Å². The van der Waals surface area contributed by atoms with Crippen LogP contribution in [0, 0.1) is 0 Å². The first-order valence-corrected chi connectivity index (χ1v) is 5.20. The fourth-order valence-electron chi connectivity index (χ4n) is 1.82. The SMILES string of the molecule is COCCCN1CC(C)NCC1C. The second-order valence-corrected chi connectivity index (χ2v) is 4.00. The fraction of sp³-hybridized carbons (Fsp3) is 1.00. The van der Waals surface area contributed by atoms with E-state index < -0.39 is 0 Å². The minimum atomic E-state index is 0.638. The largest absolute Gasteiger partial charge is 0.385 e. The van der Waals surface area contributed by atoms with E-state index in [1.807, 2.05) is 0 Å². The van der Waals surface area contributed by atoms with Gasteiger partial charge in [0, 0.05) is 45.4 Å². The molecule has 1 rings (SSSR count). The number of nitrogens with zero attached hydrogens (tertiary/aromatic N) is 1. The Hall–Kier alpha value is -0.120. The quantitative estimate of drug-likeness (QED) is 0.654. The normalized spacial score (nSPS) is 30.7. The maximum Gasteiger partial charge on any atom is 0.0474 e. The molecule has 1 saturated heterocycles. The molecule has 3 heteroatoms. The number of rotatable bonds is 4. The number of hydrogen-bond acceptors (Lipinski definition) is 3. The highest BCUT2D eigenvalue weighted by Gasteiger charge is 2.21. The van der Waals surface area contributed by atoms with Crippen molar-refractivity contribution in [3.63, 3.8) is 0 Å². The van der Waals surface area contributed by atoms with Crippen molar-refractivity contribution in [1.29, 1.82) is 0 Å². The maximum atomic E-state index is 5.05. The molecule has 13 heavy (non-hydrogen) atoms. The molecule has 3 nitrogen and oxygen atoms in total. The fourth-order valence-corrected chi connectivity index (χ4v) is 1.82. The van der Waals surface area contributed by atoms with Crippen LogP contribution in [0.3, 0.4) is 0 Å². The maximum absolute atomic E-state index is 5.05. The van der Waals surface area contributed by atoms with E-state index in [1.54, 1.807) is 7.11 Å². The summed E-state index contributed by atoms with van der Waals surface area (Å²) in [4.78, 5) is 2.54. The molecule has 1 aliphatic heterocycles. The van der Waals surface area contributed by atoms with E-state index in [9.17, 15) is 0 Å². The Morgan fingerprint density at radius 2 is 2.23 bits per heavy atom. The lowest BCUT2D eigenvalue weighted by Gasteiger charge is -2.37. The van der Waals surface area contributed by atoms with Gasteiger partial charge in [0.05, 0.1) is 0 Å². The summed E-state index contributed by atoms with van der Waals surface area (Å²) in [7, 11) is 1.77. The van der Waals surface area contributed by atoms with E-state index in [-0.39, 0.29) is 0 Å². The van der Waals surface area contributed by atoms with Crippen molar-refractivity contribution in [2.24, 2.45) is 0 Å². The zero-order valence-corrected chi connectivity index (χ0v) is 9.05. The molecule has 1 fully saturated rings.